The van der Waals surface area contributed by atoms with Gasteiger partial charge in [-0.2, -0.15) is 0 Å². The van der Waals surface area contributed by atoms with Gasteiger partial charge in [-0.1, -0.05) is 50.3 Å². The maximum absolute atomic E-state index is 10.4. The van der Waals surface area contributed by atoms with Gasteiger partial charge in [0.25, 0.3) is 0 Å². The molecule has 0 saturated carbocycles. The fraction of sp³-hybridized carbons (Fsp3) is 0.714. The van der Waals surface area contributed by atoms with Gasteiger partial charge < -0.3 is 10.2 Å². The first-order chi connectivity index (χ1) is 12.1. The molecule has 0 saturated heterocycles. The van der Waals surface area contributed by atoms with Crippen LogP contribution in [-0.2, 0) is 9.59 Å². The Labute approximate surface area is 153 Å². The third-order valence-electron chi connectivity index (χ3n) is 4.43. The number of allylic oxidation sites excluding steroid dienone is 3. The summed E-state index contributed by atoms with van der Waals surface area (Å²) in [6.45, 7) is 3.92. The van der Waals surface area contributed by atoms with Crippen molar-refractivity contribution in [3.8, 4) is 0 Å². The molecular formula is C21H36O4. The molecule has 0 aromatic rings. The van der Waals surface area contributed by atoms with Gasteiger partial charge in [0.1, 0.15) is 0 Å². The molecule has 0 rings (SSSR count). The number of rotatable bonds is 18. The minimum Gasteiger partial charge on any atom is -0.481 e. The van der Waals surface area contributed by atoms with E-state index in [-0.39, 0.29) is 6.42 Å². The van der Waals surface area contributed by atoms with E-state index in [2.05, 4.69) is 18.7 Å². The summed E-state index contributed by atoms with van der Waals surface area (Å²) >= 11 is 0. The number of hydrogen-bond acceptors (Lipinski definition) is 2. The van der Waals surface area contributed by atoms with Crippen LogP contribution in [0.2, 0.25) is 0 Å². The SMILES string of the molecule is C=CC(CC/C=C/CCCCCCC(=O)O)CCCCCCC(=O)O. The first kappa shape index (κ1) is 23.4. The van der Waals surface area contributed by atoms with Crippen LogP contribution >= 0.6 is 0 Å². The second-order valence-corrected chi connectivity index (χ2v) is 6.74. The lowest BCUT2D eigenvalue weighted by molar-refractivity contribution is -0.138. The van der Waals surface area contributed by atoms with Crippen molar-refractivity contribution in [1.29, 1.82) is 0 Å². The van der Waals surface area contributed by atoms with Crippen molar-refractivity contribution in [3.05, 3.63) is 24.8 Å². The van der Waals surface area contributed by atoms with Crippen LogP contribution in [0.1, 0.15) is 89.9 Å². The van der Waals surface area contributed by atoms with Gasteiger partial charge in [0.15, 0.2) is 0 Å². The summed E-state index contributed by atoms with van der Waals surface area (Å²) in [7, 11) is 0. The van der Waals surface area contributed by atoms with Gasteiger partial charge in [0, 0.05) is 12.8 Å². The fourth-order valence-electron chi connectivity index (χ4n) is 2.85. The first-order valence-corrected chi connectivity index (χ1v) is 9.77. The van der Waals surface area contributed by atoms with Crippen LogP contribution in [0, 0.1) is 5.92 Å². The Hall–Kier alpha value is -1.58. The zero-order valence-corrected chi connectivity index (χ0v) is 15.6. The summed E-state index contributed by atoms with van der Waals surface area (Å²) in [5.41, 5.74) is 0. The van der Waals surface area contributed by atoms with E-state index in [9.17, 15) is 9.59 Å². The van der Waals surface area contributed by atoms with Crippen molar-refractivity contribution >= 4 is 11.9 Å². The summed E-state index contributed by atoms with van der Waals surface area (Å²) in [6.07, 6.45) is 19.6. The first-order valence-electron chi connectivity index (χ1n) is 9.77. The van der Waals surface area contributed by atoms with Crippen LogP contribution < -0.4 is 0 Å². The lowest BCUT2D eigenvalue weighted by Crippen LogP contribution is -1.97. The molecule has 1 atom stereocenters. The van der Waals surface area contributed by atoms with E-state index in [0.717, 1.165) is 77.0 Å². The maximum atomic E-state index is 10.4. The normalized spacial score (nSPS) is 12.3. The Kier molecular flexibility index (Phi) is 16.2. The molecule has 144 valence electrons. The smallest absolute Gasteiger partial charge is 0.303 e. The molecule has 0 aliphatic heterocycles. The van der Waals surface area contributed by atoms with Crippen LogP contribution in [0.15, 0.2) is 24.8 Å². The third kappa shape index (κ3) is 18.6. The average molecular weight is 353 g/mol. The van der Waals surface area contributed by atoms with Gasteiger partial charge in [0.05, 0.1) is 0 Å². The number of carboxylic acid groups (broad SMARTS) is 2. The highest BCUT2D eigenvalue weighted by molar-refractivity contribution is 5.66. The summed E-state index contributed by atoms with van der Waals surface area (Å²) in [5, 5.41) is 17.1. The van der Waals surface area contributed by atoms with E-state index in [1.54, 1.807) is 0 Å². The number of carbonyl (C=O) groups is 2. The highest BCUT2D eigenvalue weighted by Gasteiger charge is 2.03. The molecule has 0 bridgehead atoms. The highest BCUT2D eigenvalue weighted by atomic mass is 16.4. The van der Waals surface area contributed by atoms with Gasteiger partial charge in [-0.15, -0.1) is 6.58 Å². The van der Waals surface area contributed by atoms with E-state index in [4.69, 9.17) is 10.2 Å². The lowest BCUT2D eigenvalue weighted by Gasteiger charge is -2.10. The van der Waals surface area contributed by atoms with E-state index in [1.807, 2.05) is 6.08 Å². The van der Waals surface area contributed by atoms with Crippen molar-refractivity contribution in [3.63, 3.8) is 0 Å². The Morgan fingerprint density at radius 3 is 1.80 bits per heavy atom. The molecule has 0 aliphatic carbocycles. The quantitative estimate of drug-likeness (QED) is 0.235. The van der Waals surface area contributed by atoms with Gasteiger partial charge in [-0.25, -0.2) is 0 Å². The molecule has 0 aromatic heterocycles. The zero-order chi connectivity index (χ0) is 18.8. The molecule has 0 heterocycles. The van der Waals surface area contributed by atoms with Crippen molar-refractivity contribution < 1.29 is 19.8 Å². The van der Waals surface area contributed by atoms with E-state index < -0.39 is 11.9 Å². The Morgan fingerprint density at radius 2 is 1.24 bits per heavy atom. The lowest BCUT2D eigenvalue weighted by atomic mass is 9.95. The fourth-order valence-corrected chi connectivity index (χ4v) is 2.85. The van der Waals surface area contributed by atoms with Crippen LogP contribution in [0.25, 0.3) is 0 Å². The van der Waals surface area contributed by atoms with Gasteiger partial charge in [-0.05, 0) is 50.9 Å². The number of unbranched alkanes of at least 4 members (excludes halogenated alkanes) is 7. The molecule has 4 nitrogen and oxygen atoms in total. The molecular weight excluding hydrogens is 316 g/mol. The Bertz CT molecular complexity index is 387. The molecule has 0 spiro atoms. The number of aliphatic carboxylic acids is 2. The topological polar surface area (TPSA) is 74.6 Å². The van der Waals surface area contributed by atoms with Gasteiger partial charge in [-0.3, -0.25) is 9.59 Å². The molecule has 0 fully saturated rings. The van der Waals surface area contributed by atoms with E-state index in [0.29, 0.717) is 12.3 Å². The Morgan fingerprint density at radius 1 is 0.720 bits per heavy atom. The summed E-state index contributed by atoms with van der Waals surface area (Å²) in [6, 6.07) is 0. The van der Waals surface area contributed by atoms with Crippen LogP contribution in [0.4, 0.5) is 0 Å². The van der Waals surface area contributed by atoms with Crippen molar-refractivity contribution in [2.75, 3.05) is 0 Å². The van der Waals surface area contributed by atoms with E-state index >= 15 is 0 Å². The predicted octanol–water partition coefficient (Wildman–Crippen LogP) is 5.98. The second kappa shape index (κ2) is 17.2. The molecule has 0 aromatic carbocycles. The highest BCUT2D eigenvalue weighted by Crippen LogP contribution is 2.18. The molecule has 2 N–H and O–H groups in total. The van der Waals surface area contributed by atoms with Crippen LogP contribution in [-0.4, -0.2) is 22.2 Å². The summed E-state index contributed by atoms with van der Waals surface area (Å²) in [5.74, 6) is -0.840. The molecule has 0 amide bonds. The van der Waals surface area contributed by atoms with Gasteiger partial charge in [0.2, 0.25) is 0 Å². The predicted molar refractivity (Wildman–Crippen MR) is 103 cm³/mol. The molecule has 0 radical (unpaired) electrons. The molecule has 0 aliphatic rings. The molecule has 4 heteroatoms. The van der Waals surface area contributed by atoms with Crippen molar-refractivity contribution in [1.82, 2.24) is 0 Å². The Balaban J connectivity index is 3.48. The minimum absolute atomic E-state index is 0.287. The molecule has 1 unspecified atom stereocenters. The van der Waals surface area contributed by atoms with Crippen molar-refractivity contribution in [2.45, 2.75) is 89.9 Å². The van der Waals surface area contributed by atoms with Gasteiger partial charge >= 0.3 is 11.9 Å². The third-order valence-corrected chi connectivity index (χ3v) is 4.43. The minimum atomic E-state index is -0.698. The largest absolute Gasteiger partial charge is 0.481 e. The number of hydrogen-bond donors (Lipinski definition) is 2. The second-order valence-electron chi connectivity index (χ2n) is 6.74. The summed E-state index contributed by atoms with van der Waals surface area (Å²) in [4.78, 5) is 20.8. The maximum Gasteiger partial charge on any atom is 0.303 e. The summed E-state index contributed by atoms with van der Waals surface area (Å²) < 4.78 is 0. The van der Waals surface area contributed by atoms with E-state index in [1.165, 1.54) is 0 Å². The average Bonchev–Trinajstić information content (AvgIpc) is 2.57. The monoisotopic (exact) mass is 352 g/mol. The standard InChI is InChI=1S/C21H36O4/c1-2-19(16-12-9-10-14-18-21(24)25)15-11-7-5-3-4-6-8-13-17-20(22)23/h2,5,7,19H,1,3-4,6,8-18H2,(H,22,23)(H,24,25)/b7-5+. The van der Waals surface area contributed by atoms with Crippen LogP contribution in [0.3, 0.4) is 0 Å². The molecule has 25 heavy (non-hydrogen) atoms. The number of carboxylic acids is 2. The van der Waals surface area contributed by atoms with Crippen molar-refractivity contribution in [2.24, 2.45) is 5.92 Å². The zero-order valence-electron chi connectivity index (χ0n) is 15.6. The van der Waals surface area contributed by atoms with Crippen LogP contribution in [0.5, 0.6) is 0 Å².